The summed E-state index contributed by atoms with van der Waals surface area (Å²) in [5.74, 6) is 6.29. The fourth-order valence-corrected chi connectivity index (χ4v) is 3.09. The Morgan fingerprint density at radius 1 is 1.12 bits per heavy atom. The molecule has 2 heterocycles. The van der Waals surface area contributed by atoms with E-state index in [1.54, 1.807) is 13.0 Å². The first-order valence-electron chi connectivity index (χ1n) is 8.24. The van der Waals surface area contributed by atoms with Crippen LogP contribution in [0.3, 0.4) is 0 Å². The molecule has 3 N–H and O–H groups in total. The lowest BCUT2D eigenvalue weighted by Crippen LogP contribution is -2.45. The number of nitrogen functional groups attached to an aromatic ring is 1. The third-order valence-corrected chi connectivity index (χ3v) is 4.44. The summed E-state index contributed by atoms with van der Waals surface area (Å²) in [5.41, 5.74) is 4.01. The van der Waals surface area contributed by atoms with Gasteiger partial charge >= 0.3 is 0 Å². The minimum absolute atomic E-state index is 0.310. The SMILES string of the molecule is Cc1oc(CN2CCN(Cc3ccccc3)CC2)cc1C(=O)NN. The summed E-state index contributed by atoms with van der Waals surface area (Å²) in [6.07, 6.45) is 0. The van der Waals surface area contributed by atoms with Crippen molar-refractivity contribution in [3.8, 4) is 0 Å². The second-order valence-electron chi connectivity index (χ2n) is 6.19. The van der Waals surface area contributed by atoms with E-state index in [9.17, 15) is 4.79 Å². The van der Waals surface area contributed by atoms with Crippen LogP contribution in [-0.4, -0.2) is 41.9 Å². The maximum absolute atomic E-state index is 11.6. The number of amides is 1. The van der Waals surface area contributed by atoms with Crippen LogP contribution in [0.15, 0.2) is 40.8 Å². The number of aryl methyl sites for hydroxylation is 1. The Morgan fingerprint density at radius 3 is 2.38 bits per heavy atom. The number of carbonyl (C=O) groups excluding carboxylic acids is 1. The van der Waals surface area contributed by atoms with Crippen LogP contribution in [0, 0.1) is 6.92 Å². The molecule has 1 aliphatic heterocycles. The van der Waals surface area contributed by atoms with Crippen LogP contribution in [-0.2, 0) is 13.1 Å². The highest BCUT2D eigenvalue weighted by Crippen LogP contribution is 2.17. The third-order valence-electron chi connectivity index (χ3n) is 4.44. The first kappa shape index (κ1) is 16.7. The summed E-state index contributed by atoms with van der Waals surface area (Å²) in [4.78, 5) is 16.5. The number of rotatable bonds is 5. The molecule has 1 fully saturated rings. The van der Waals surface area contributed by atoms with Crippen LogP contribution in [0.1, 0.15) is 27.4 Å². The molecule has 0 atom stereocenters. The van der Waals surface area contributed by atoms with Crippen LogP contribution in [0.25, 0.3) is 0 Å². The Labute approximate surface area is 142 Å². The first-order chi connectivity index (χ1) is 11.7. The smallest absolute Gasteiger partial charge is 0.268 e. The number of nitrogens with two attached hydrogens (primary N) is 1. The Kier molecular flexibility index (Phi) is 5.30. The quantitative estimate of drug-likeness (QED) is 0.494. The highest BCUT2D eigenvalue weighted by molar-refractivity contribution is 5.94. The summed E-state index contributed by atoms with van der Waals surface area (Å²) in [6.45, 7) is 7.55. The molecule has 0 spiro atoms. The largest absolute Gasteiger partial charge is 0.464 e. The number of piperazine rings is 1. The molecule has 1 amide bonds. The lowest BCUT2D eigenvalue weighted by atomic mass is 10.2. The summed E-state index contributed by atoms with van der Waals surface area (Å²) in [6, 6.07) is 12.3. The molecular weight excluding hydrogens is 304 g/mol. The number of benzene rings is 1. The van der Waals surface area contributed by atoms with Crippen molar-refractivity contribution in [1.82, 2.24) is 15.2 Å². The summed E-state index contributed by atoms with van der Waals surface area (Å²) >= 11 is 0. The van der Waals surface area contributed by atoms with Gasteiger partial charge in [-0.25, -0.2) is 5.84 Å². The molecule has 0 saturated carbocycles. The van der Waals surface area contributed by atoms with Gasteiger partial charge in [-0.05, 0) is 18.6 Å². The molecule has 2 aromatic rings. The van der Waals surface area contributed by atoms with E-state index < -0.39 is 0 Å². The third kappa shape index (κ3) is 4.03. The molecule has 0 radical (unpaired) electrons. The standard InChI is InChI=1S/C18H24N4O2/c1-14-17(18(23)20-19)11-16(24-14)13-22-9-7-21(8-10-22)12-15-5-3-2-4-6-15/h2-6,11H,7-10,12-13,19H2,1H3,(H,20,23). The Morgan fingerprint density at radius 2 is 1.75 bits per heavy atom. The van der Waals surface area contributed by atoms with Gasteiger partial charge in [0.2, 0.25) is 0 Å². The summed E-state index contributed by atoms with van der Waals surface area (Å²) < 4.78 is 5.69. The number of hydrogen-bond acceptors (Lipinski definition) is 5. The number of hydrazine groups is 1. The molecular formula is C18H24N4O2. The molecule has 0 aliphatic carbocycles. The minimum Gasteiger partial charge on any atom is -0.464 e. The molecule has 0 bridgehead atoms. The van der Waals surface area contributed by atoms with E-state index in [-0.39, 0.29) is 5.91 Å². The van der Waals surface area contributed by atoms with Crippen LogP contribution < -0.4 is 11.3 Å². The van der Waals surface area contributed by atoms with E-state index in [2.05, 4.69) is 39.5 Å². The van der Waals surface area contributed by atoms with E-state index in [4.69, 9.17) is 10.3 Å². The normalized spacial score (nSPS) is 16.2. The summed E-state index contributed by atoms with van der Waals surface area (Å²) in [7, 11) is 0. The molecule has 0 unspecified atom stereocenters. The maximum Gasteiger partial charge on any atom is 0.268 e. The molecule has 6 heteroatoms. The molecule has 6 nitrogen and oxygen atoms in total. The highest BCUT2D eigenvalue weighted by Gasteiger charge is 2.20. The van der Waals surface area contributed by atoms with Gasteiger partial charge in [-0.2, -0.15) is 0 Å². The minimum atomic E-state index is -0.310. The Balaban J connectivity index is 1.51. The fourth-order valence-electron chi connectivity index (χ4n) is 3.09. The number of nitrogens with zero attached hydrogens (tertiary/aromatic N) is 2. The van der Waals surface area contributed by atoms with Gasteiger partial charge in [0, 0.05) is 32.7 Å². The molecule has 1 aliphatic rings. The van der Waals surface area contributed by atoms with E-state index in [0.29, 0.717) is 11.3 Å². The zero-order valence-corrected chi connectivity index (χ0v) is 14.0. The average Bonchev–Trinajstić information content (AvgIpc) is 2.97. The average molecular weight is 328 g/mol. The zero-order valence-electron chi connectivity index (χ0n) is 14.0. The molecule has 1 aromatic carbocycles. The van der Waals surface area contributed by atoms with Crippen molar-refractivity contribution in [2.45, 2.75) is 20.0 Å². The topological polar surface area (TPSA) is 74.7 Å². The molecule has 1 aromatic heterocycles. The van der Waals surface area contributed by atoms with Crippen LogP contribution in [0.5, 0.6) is 0 Å². The second-order valence-corrected chi connectivity index (χ2v) is 6.19. The van der Waals surface area contributed by atoms with Gasteiger partial charge in [-0.15, -0.1) is 0 Å². The van der Waals surface area contributed by atoms with Crippen molar-refractivity contribution < 1.29 is 9.21 Å². The highest BCUT2D eigenvalue weighted by atomic mass is 16.3. The van der Waals surface area contributed by atoms with Crippen LogP contribution in [0.2, 0.25) is 0 Å². The number of carbonyl (C=O) groups is 1. The monoisotopic (exact) mass is 328 g/mol. The van der Waals surface area contributed by atoms with E-state index in [1.807, 2.05) is 6.07 Å². The predicted octanol–water partition coefficient (Wildman–Crippen LogP) is 1.51. The maximum atomic E-state index is 11.6. The van der Waals surface area contributed by atoms with Gasteiger partial charge in [0.05, 0.1) is 12.1 Å². The zero-order chi connectivity index (χ0) is 16.9. The summed E-state index contributed by atoms with van der Waals surface area (Å²) in [5, 5.41) is 0. The Bertz CT molecular complexity index is 676. The van der Waals surface area contributed by atoms with Crippen molar-refractivity contribution in [2.75, 3.05) is 26.2 Å². The van der Waals surface area contributed by atoms with Crippen molar-refractivity contribution in [2.24, 2.45) is 5.84 Å². The van der Waals surface area contributed by atoms with Crippen molar-refractivity contribution in [3.05, 3.63) is 59.0 Å². The molecule has 24 heavy (non-hydrogen) atoms. The van der Waals surface area contributed by atoms with E-state index >= 15 is 0 Å². The number of nitrogens with one attached hydrogen (secondary N) is 1. The van der Waals surface area contributed by atoms with Gasteiger partial charge in [0.1, 0.15) is 11.5 Å². The number of furan rings is 1. The van der Waals surface area contributed by atoms with Crippen molar-refractivity contribution in [1.29, 1.82) is 0 Å². The van der Waals surface area contributed by atoms with Gasteiger partial charge < -0.3 is 4.42 Å². The number of hydrogen-bond donors (Lipinski definition) is 2. The predicted molar refractivity (Wildman–Crippen MR) is 92.1 cm³/mol. The van der Waals surface area contributed by atoms with E-state index in [0.717, 1.165) is 45.0 Å². The lowest BCUT2D eigenvalue weighted by molar-refractivity contribution is 0.0952. The van der Waals surface area contributed by atoms with Gasteiger partial charge in [0.15, 0.2) is 0 Å². The van der Waals surface area contributed by atoms with Gasteiger partial charge in [0.25, 0.3) is 5.91 Å². The fraction of sp³-hybridized carbons (Fsp3) is 0.389. The van der Waals surface area contributed by atoms with Crippen molar-refractivity contribution >= 4 is 5.91 Å². The van der Waals surface area contributed by atoms with Crippen molar-refractivity contribution in [3.63, 3.8) is 0 Å². The van der Waals surface area contributed by atoms with Gasteiger partial charge in [-0.3, -0.25) is 20.0 Å². The Hall–Kier alpha value is -2.15. The first-order valence-corrected chi connectivity index (χ1v) is 8.24. The lowest BCUT2D eigenvalue weighted by Gasteiger charge is -2.34. The van der Waals surface area contributed by atoms with Crippen LogP contribution >= 0.6 is 0 Å². The molecule has 3 rings (SSSR count). The second kappa shape index (κ2) is 7.61. The van der Waals surface area contributed by atoms with Gasteiger partial charge in [-0.1, -0.05) is 30.3 Å². The van der Waals surface area contributed by atoms with Crippen LogP contribution in [0.4, 0.5) is 0 Å². The van der Waals surface area contributed by atoms with E-state index in [1.165, 1.54) is 5.56 Å². The molecule has 1 saturated heterocycles. The molecule has 128 valence electrons.